The molecule has 164 valence electrons. The number of likely N-dealkylation sites (N-methyl/N-ethyl adjacent to an activating group) is 1. The van der Waals surface area contributed by atoms with Gasteiger partial charge in [-0.25, -0.2) is 14.6 Å². The van der Waals surface area contributed by atoms with Crippen molar-refractivity contribution in [2.24, 2.45) is 0 Å². The number of carbonyl (C=O) groups is 2. The molecular formula is C18H21F3N4O3S2. The van der Waals surface area contributed by atoms with E-state index in [1.165, 1.54) is 16.9 Å². The number of urea groups is 1. The number of rotatable bonds is 4. The van der Waals surface area contributed by atoms with Crippen LogP contribution in [0.4, 0.5) is 23.1 Å². The van der Waals surface area contributed by atoms with Crippen LogP contribution in [0.1, 0.15) is 5.56 Å². The van der Waals surface area contributed by atoms with Gasteiger partial charge in [-0.3, -0.25) is 5.32 Å². The van der Waals surface area contributed by atoms with Crippen molar-refractivity contribution in [2.75, 3.05) is 38.5 Å². The summed E-state index contributed by atoms with van der Waals surface area (Å²) < 4.78 is 32.8. The first-order valence-electron chi connectivity index (χ1n) is 8.82. The first-order chi connectivity index (χ1) is 14.1. The number of anilines is 1. The third kappa shape index (κ3) is 8.20. The molecule has 1 fully saturated rings. The number of halogens is 3. The molecule has 0 saturated carbocycles. The molecule has 2 heterocycles. The fourth-order valence-electron chi connectivity index (χ4n) is 2.29. The maximum Gasteiger partial charge on any atom is 0.490 e. The third-order valence-electron chi connectivity index (χ3n) is 3.96. The van der Waals surface area contributed by atoms with Gasteiger partial charge >= 0.3 is 18.2 Å². The Labute approximate surface area is 179 Å². The van der Waals surface area contributed by atoms with Gasteiger partial charge in [0.15, 0.2) is 5.13 Å². The van der Waals surface area contributed by atoms with Gasteiger partial charge in [0.05, 0.1) is 10.4 Å². The molecule has 2 aromatic rings. The van der Waals surface area contributed by atoms with Gasteiger partial charge in [-0.05, 0) is 12.6 Å². The van der Waals surface area contributed by atoms with E-state index in [1.807, 2.05) is 29.3 Å². The lowest BCUT2D eigenvalue weighted by Gasteiger charge is -2.32. The average Bonchev–Trinajstić information content (AvgIpc) is 3.15. The van der Waals surface area contributed by atoms with Crippen LogP contribution in [0.5, 0.6) is 0 Å². The highest BCUT2D eigenvalue weighted by molar-refractivity contribution is 8.00. The molecule has 2 amide bonds. The first kappa shape index (κ1) is 24.0. The van der Waals surface area contributed by atoms with Crippen LogP contribution in [0.15, 0.2) is 40.7 Å². The summed E-state index contributed by atoms with van der Waals surface area (Å²) in [5.74, 6) is -1.85. The first-order valence-corrected chi connectivity index (χ1v) is 10.6. The second-order valence-corrected chi connectivity index (χ2v) is 8.59. The second-order valence-electron chi connectivity index (χ2n) is 6.28. The van der Waals surface area contributed by atoms with Crippen molar-refractivity contribution in [3.05, 3.63) is 42.1 Å². The van der Waals surface area contributed by atoms with Gasteiger partial charge in [0, 0.05) is 31.9 Å². The van der Waals surface area contributed by atoms with Crippen LogP contribution in [0.25, 0.3) is 0 Å². The van der Waals surface area contributed by atoms with Crippen molar-refractivity contribution in [1.29, 1.82) is 0 Å². The standard InChI is InChI=1S/C16H20N4OS2.C2HF3O2/c1-19-7-9-20(10-8-19)16(21)18-15-17-11-14(23-15)22-12-13-5-3-2-4-6-13;3-2(4,5)1(6)7/h2-6,11H,7-10,12H2,1H3,(H,17,18,21);(H,6,7). The topological polar surface area (TPSA) is 85.8 Å². The highest BCUT2D eigenvalue weighted by Crippen LogP contribution is 2.30. The number of carbonyl (C=O) groups excluding carboxylic acids is 1. The molecule has 0 spiro atoms. The lowest BCUT2D eigenvalue weighted by atomic mass is 10.2. The van der Waals surface area contributed by atoms with E-state index in [2.05, 4.69) is 34.4 Å². The number of hydrogen-bond donors (Lipinski definition) is 2. The number of carboxylic acids is 1. The number of aliphatic carboxylic acids is 1. The average molecular weight is 463 g/mol. The molecule has 7 nitrogen and oxygen atoms in total. The SMILES string of the molecule is CN1CCN(C(=O)Nc2ncc(SCc3ccccc3)s2)CC1.O=C(O)C(F)(F)F. The number of thioether (sulfide) groups is 1. The molecule has 1 aromatic heterocycles. The van der Waals surface area contributed by atoms with Crippen LogP contribution >= 0.6 is 23.1 Å². The van der Waals surface area contributed by atoms with Crippen LogP contribution < -0.4 is 5.32 Å². The van der Waals surface area contributed by atoms with Crippen molar-refractivity contribution >= 4 is 40.2 Å². The lowest BCUT2D eigenvalue weighted by Crippen LogP contribution is -2.48. The van der Waals surface area contributed by atoms with Crippen molar-refractivity contribution in [2.45, 2.75) is 16.1 Å². The predicted octanol–water partition coefficient (Wildman–Crippen LogP) is 3.85. The summed E-state index contributed by atoms with van der Waals surface area (Å²) in [6.45, 7) is 3.37. The van der Waals surface area contributed by atoms with Gasteiger partial charge in [-0.2, -0.15) is 13.2 Å². The molecule has 3 rings (SSSR count). The molecular weight excluding hydrogens is 441 g/mol. The van der Waals surface area contributed by atoms with Gasteiger partial charge < -0.3 is 14.9 Å². The van der Waals surface area contributed by atoms with E-state index in [1.54, 1.807) is 11.8 Å². The summed E-state index contributed by atoms with van der Waals surface area (Å²) in [7, 11) is 2.08. The minimum absolute atomic E-state index is 0.0490. The van der Waals surface area contributed by atoms with Gasteiger partial charge in [0.1, 0.15) is 0 Å². The Kier molecular flexibility index (Phi) is 8.93. The summed E-state index contributed by atoms with van der Waals surface area (Å²) >= 11 is 3.27. The third-order valence-corrected chi connectivity index (χ3v) is 6.13. The van der Waals surface area contributed by atoms with Gasteiger partial charge in [-0.15, -0.1) is 11.8 Å². The summed E-state index contributed by atoms with van der Waals surface area (Å²) in [5, 5.41) is 10.7. The van der Waals surface area contributed by atoms with E-state index < -0.39 is 12.1 Å². The lowest BCUT2D eigenvalue weighted by molar-refractivity contribution is -0.192. The van der Waals surface area contributed by atoms with E-state index in [0.29, 0.717) is 5.13 Å². The Balaban J connectivity index is 0.000000396. The van der Waals surface area contributed by atoms with Crippen LogP contribution in [0.3, 0.4) is 0 Å². The van der Waals surface area contributed by atoms with Crippen LogP contribution in [-0.4, -0.2) is 71.3 Å². The number of nitrogens with one attached hydrogen (secondary N) is 1. The number of carboxylic acid groups (broad SMARTS) is 1. The zero-order valence-electron chi connectivity index (χ0n) is 16.1. The molecule has 1 aliphatic rings. The summed E-state index contributed by atoms with van der Waals surface area (Å²) in [6.07, 6.45) is -3.25. The number of alkyl halides is 3. The zero-order chi connectivity index (χ0) is 22.1. The van der Waals surface area contributed by atoms with Crippen LogP contribution in [-0.2, 0) is 10.5 Å². The predicted molar refractivity (Wildman–Crippen MR) is 110 cm³/mol. The van der Waals surface area contributed by atoms with E-state index in [0.717, 1.165) is 36.1 Å². The Morgan fingerprint density at radius 1 is 1.20 bits per heavy atom. The molecule has 1 aromatic carbocycles. The van der Waals surface area contributed by atoms with Gasteiger partial charge in [0.2, 0.25) is 0 Å². The zero-order valence-corrected chi connectivity index (χ0v) is 17.7. The number of piperazine rings is 1. The maximum atomic E-state index is 12.2. The molecule has 0 atom stereocenters. The van der Waals surface area contributed by atoms with Crippen molar-refractivity contribution in [3.8, 4) is 0 Å². The molecule has 0 bridgehead atoms. The minimum Gasteiger partial charge on any atom is -0.475 e. The Morgan fingerprint density at radius 2 is 1.80 bits per heavy atom. The largest absolute Gasteiger partial charge is 0.490 e. The molecule has 2 N–H and O–H groups in total. The highest BCUT2D eigenvalue weighted by Gasteiger charge is 2.38. The molecule has 0 aliphatic carbocycles. The van der Waals surface area contributed by atoms with Crippen LogP contribution in [0.2, 0.25) is 0 Å². The molecule has 30 heavy (non-hydrogen) atoms. The number of nitrogens with zero attached hydrogens (tertiary/aromatic N) is 3. The van der Waals surface area contributed by atoms with Gasteiger partial charge in [-0.1, -0.05) is 41.7 Å². The van der Waals surface area contributed by atoms with E-state index in [9.17, 15) is 18.0 Å². The van der Waals surface area contributed by atoms with Crippen molar-refractivity contribution < 1.29 is 27.9 Å². The Hall–Kier alpha value is -2.31. The van der Waals surface area contributed by atoms with Crippen molar-refractivity contribution in [1.82, 2.24) is 14.8 Å². The fourth-order valence-corrected chi connectivity index (χ4v) is 4.11. The van der Waals surface area contributed by atoms with E-state index >= 15 is 0 Å². The monoisotopic (exact) mass is 462 g/mol. The van der Waals surface area contributed by atoms with Gasteiger partial charge in [0.25, 0.3) is 0 Å². The van der Waals surface area contributed by atoms with E-state index in [-0.39, 0.29) is 6.03 Å². The molecule has 0 unspecified atom stereocenters. The minimum atomic E-state index is -5.08. The molecule has 1 saturated heterocycles. The normalized spacial score (nSPS) is 14.6. The molecule has 12 heteroatoms. The van der Waals surface area contributed by atoms with Crippen molar-refractivity contribution in [3.63, 3.8) is 0 Å². The highest BCUT2D eigenvalue weighted by atomic mass is 32.2. The maximum absolute atomic E-state index is 12.2. The van der Waals surface area contributed by atoms with E-state index in [4.69, 9.17) is 9.90 Å². The summed E-state index contributed by atoms with van der Waals surface area (Å²) in [4.78, 5) is 29.5. The Bertz CT molecular complexity index is 826. The number of hydrogen-bond acceptors (Lipinski definition) is 6. The summed E-state index contributed by atoms with van der Waals surface area (Å²) in [5.41, 5.74) is 1.29. The fraction of sp³-hybridized carbons (Fsp3) is 0.389. The summed E-state index contributed by atoms with van der Waals surface area (Å²) in [6, 6.07) is 10.3. The number of benzene rings is 1. The Morgan fingerprint density at radius 3 is 2.37 bits per heavy atom. The quantitative estimate of drug-likeness (QED) is 0.672. The number of aromatic nitrogens is 1. The second kappa shape index (κ2) is 11.2. The number of thiazole rings is 1. The number of amides is 2. The smallest absolute Gasteiger partial charge is 0.475 e. The van der Waals surface area contributed by atoms with Crippen LogP contribution in [0, 0.1) is 0 Å². The molecule has 1 aliphatic heterocycles. The molecule has 0 radical (unpaired) electrons.